The van der Waals surface area contributed by atoms with Crippen LogP contribution in [0.5, 0.6) is 0 Å². The Morgan fingerprint density at radius 3 is 2.24 bits per heavy atom. The van der Waals surface area contributed by atoms with Crippen molar-refractivity contribution in [1.82, 2.24) is 4.90 Å². The lowest BCUT2D eigenvalue weighted by Gasteiger charge is -2.32. The van der Waals surface area contributed by atoms with Crippen molar-refractivity contribution in [3.63, 3.8) is 0 Å². The van der Waals surface area contributed by atoms with Gasteiger partial charge in [-0.25, -0.2) is 9.69 Å². The molecule has 180 valence electrons. The Hall–Kier alpha value is -2.26. The average Bonchev–Trinajstić information content (AvgIpc) is 3.41. The van der Waals surface area contributed by atoms with Crippen LogP contribution in [0.1, 0.15) is 39.7 Å². The Bertz CT molecular complexity index is 884. The first-order valence-corrected chi connectivity index (χ1v) is 11.4. The molecular formula is C25H33NO7. The number of allylic oxidation sites excluding steroid dienone is 1. The zero-order chi connectivity index (χ0) is 23.8. The Balaban J connectivity index is 1.62. The number of imide groups is 1. The summed E-state index contributed by atoms with van der Waals surface area (Å²) in [7, 11) is 0. The molecule has 1 aromatic carbocycles. The number of ether oxygens (including phenoxy) is 5. The van der Waals surface area contributed by atoms with Crippen LogP contribution in [0, 0.1) is 5.92 Å². The minimum absolute atomic E-state index is 0.233. The Morgan fingerprint density at radius 1 is 1.09 bits per heavy atom. The molecular weight excluding hydrogens is 426 g/mol. The summed E-state index contributed by atoms with van der Waals surface area (Å²) in [6, 6.07) is 9.02. The van der Waals surface area contributed by atoms with E-state index in [2.05, 4.69) is 6.58 Å². The molecule has 0 bridgehead atoms. The van der Waals surface area contributed by atoms with Crippen molar-refractivity contribution in [2.24, 2.45) is 5.92 Å². The number of nitrogens with zero attached hydrogens (tertiary/aromatic N) is 1. The van der Waals surface area contributed by atoms with Gasteiger partial charge >= 0.3 is 6.09 Å². The second kappa shape index (κ2) is 9.18. The number of carbonyl (C=O) groups excluding carboxylic acids is 2. The van der Waals surface area contributed by atoms with Crippen LogP contribution >= 0.6 is 0 Å². The third-order valence-corrected chi connectivity index (χ3v) is 6.24. The molecule has 3 fully saturated rings. The number of hydrogen-bond acceptors (Lipinski definition) is 7. The molecule has 5 atom stereocenters. The molecule has 3 aliphatic heterocycles. The number of amides is 2. The highest BCUT2D eigenvalue weighted by Gasteiger charge is 2.58. The fourth-order valence-electron chi connectivity index (χ4n) is 4.75. The number of cyclic esters (lactones) is 1. The van der Waals surface area contributed by atoms with Gasteiger partial charge in [-0.2, -0.15) is 0 Å². The molecule has 1 aromatic rings. The van der Waals surface area contributed by atoms with Gasteiger partial charge in [0.1, 0.15) is 18.2 Å². The van der Waals surface area contributed by atoms with Crippen LogP contribution in [-0.2, 0) is 34.9 Å². The van der Waals surface area contributed by atoms with Crippen molar-refractivity contribution in [2.45, 2.75) is 76.5 Å². The summed E-state index contributed by atoms with van der Waals surface area (Å²) in [5, 5.41) is 0. The monoisotopic (exact) mass is 459 g/mol. The van der Waals surface area contributed by atoms with Gasteiger partial charge < -0.3 is 23.7 Å². The Morgan fingerprint density at radius 2 is 1.70 bits per heavy atom. The van der Waals surface area contributed by atoms with E-state index in [1.165, 1.54) is 4.90 Å². The van der Waals surface area contributed by atoms with E-state index in [0.717, 1.165) is 5.56 Å². The van der Waals surface area contributed by atoms with Crippen LogP contribution in [0.25, 0.3) is 0 Å². The SMILES string of the molecule is C=CC[C@@H](Cc1ccccc1)C(=O)N1C(=O)O[C@H]([C@H]2COC(C)(C)O2)[C@@H]1[C@H]1COC(C)(C)O1. The zero-order valence-corrected chi connectivity index (χ0v) is 19.7. The molecule has 33 heavy (non-hydrogen) atoms. The number of hydrogen-bond donors (Lipinski definition) is 0. The molecule has 4 rings (SSSR count). The summed E-state index contributed by atoms with van der Waals surface area (Å²) in [4.78, 5) is 28.1. The maximum absolute atomic E-state index is 13.8. The van der Waals surface area contributed by atoms with Crippen LogP contribution in [0.4, 0.5) is 4.79 Å². The summed E-state index contributed by atoms with van der Waals surface area (Å²) in [6.45, 7) is 11.5. The van der Waals surface area contributed by atoms with Crippen molar-refractivity contribution >= 4 is 12.0 Å². The van der Waals surface area contributed by atoms with Gasteiger partial charge in [0.25, 0.3) is 0 Å². The van der Waals surface area contributed by atoms with E-state index in [-0.39, 0.29) is 19.1 Å². The fraction of sp³-hybridized carbons (Fsp3) is 0.600. The first-order chi connectivity index (χ1) is 15.6. The summed E-state index contributed by atoms with van der Waals surface area (Å²) < 4.78 is 29.3. The van der Waals surface area contributed by atoms with Gasteiger partial charge in [0.05, 0.1) is 13.2 Å². The van der Waals surface area contributed by atoms with E-state index in [4.69, 9.17) is 23.7 Å². The number of carbonyl (C=O) groups is 2. The van der Waals surface area contributed by atoms with Gasteiger partial charge in [0.2, 0.25) is 5.91 Å². The van der Waals surface area contributed by atoms with Crippen molar-refractivity contribution in [3.8, 4) is 0 Å². The standard InChI is InChI=1S/C25H33NO7/c1-6-10-17(13-16-11-8-7-9-12-16)22(27)26-20(18-14-29-24(2,3)32-18)21(31-23(26)28)19-15-30-25(4,5)33-19/h6-9,11-12,17-21H,1,10,13-15H2,2-5H3/t17-,18+,19+,20-,21+/m0/s1. The molecule has 2 amide bonds. The van der Waals surface area contributed by atoms with Gasteiger partial charge in [-0.05, 0) is 46.1 Å². The molecule has 0 N–H and O–H groups in total. The molecule has 8 heteroatoms. The molecule has 0 radical (unpaired) electrons. The molecule has 0 aliphatic carbocycles. The number of benzene rings is 1. The summed E-state index contributed by atoms with van der Waals surface area (Å²) >= 11 is 0. The lowest BCUT2D eigenvalue weighted by molar-refractivity contribution is -0.164. The second-order valence-electron chi connectivity index (χ2n) is 9.69. The smallest absolute Gasteiger partial charge is 0.417 e. The highest BCUT2D eigenvalue weighted by atomic mass is 16.8. The fourth-order valence-corrected chi connectivity index (χ4v) is 4.75. The van der Waals surface area contributed by atoms with Crippen molar-refractivity contribution in [1.29, 1.82) is 0 Å². The summed E-state index contributed by atoms with van der Waals surface area (Å²) in [5.74, 6) is -2.41. The Kier molecular flexibility index (Phi) is 6.64. The zero-order valence-electron chi connectivity index (χ0n) is 19.7. The second-order valence-corrected chi connectivity index (χ2v) is 9.69. The van der Waals surface area contributed by atoms with Gasteiger partial charge in [0.15, 0.2) is 17.7 Å². The van der Waals surface area contributed by atoms with E-state index in [1.54, 1.807) is 33.8 Å². The maximum Gasteiger partial charge on any atom is 0.417 e. The van der Waals surface area contributed by atoms with Crippen LogP contribution in [0.3, 0.4) is 0 Å². The molecule has 0 unspecified atom stereocenters. The lowest BCUT2D eigenvalue weighted by Crippen LogP contribution is -2.54. The van der Waals surface area contributed by atoms with Gasteiger partial charge in [-0.1, -0.05) is 36.4 Å². The first kappa shape index (κ1) is 23.9. The third-order valence-electron chi connectivity index (χ3n) is 6.24. The molecule has 3 aliphatic rings. The molecule has 8 nitrogen and oxygen atoms in total. The number of rotatable bonds is 7. The average molecular weight is 460 g/mol. The minimum Gasteiger partial charge on any atom is -0.441 e. The minimum atomic E-state index is -0.827. The van der Waals surface area contributed by atoms with Crippen LogP contribution in [-0.4, -0.2) is 66.0 Å². The predicted octanol–water partition coefficient (Wildman–Crippen LogP) is 3.44. The molecule has 0 aromatic heterocycles. The first-order valence-electron chi connectivity index (χ1n) is 11.4. The lowest BCUT2D eigenvalue weighted by atomic mass is 9.92. The predicted molar refractivity (Wildman–Crippen MR) is 119 cm³/mol. The molecule has 0 saturated carbocycles. The molecule has 0 spiro atoms. The van der Waals surface area contributed by atoms with E-state index in [9.17, 15) is 9.59 Å². The topological polar surface area (TPSA) is 83.5 Å². The van der Waals surface area contributed by atoms with Gasteiger partial charge in [0, 0.05) is 5.92 Å². The normalized spacial score (nSPS) is 31.4. The van der Waals surface area contributed by atoms with Crippen molar-refractivity contribution in [3.05, 3.63) is 48.6 Å². The van der Waals surface area contributed by atoms with E-state index in [1.807, 2.05) is 30.3 Å². The molecule has 3 heterocycles. The van der Waals surface area contributed by atoms with Crippen LogP contribution in [0.15, 0.2) is 43.0 Å². The summed E-state index contributed by atoms with van der Waals surface area (Å²) in [6.07, 6.45) is 0.119. The quantitative estimate of drug-likeness (QED) is 0.578. The van der Waals surface area contributed by atoms with Crippen molar-refractivity contribution < 1.29 is 33.3 Å². The van der Waals surface area contributed by atoms with E-state index >= 15 is 0 Å². The van der Waals surface area contributed by atoms with Gasteiger partial charge in [-0.3, -0.25) is 4.79 Å². The molecule has 3 saturated heterocycles. The Labute approximate surface area is 194 Å². The highest BCUT2D eigenvalue weighted by Crippen LogP contribution is 2.38. The van der Waals surface area contributed by atoms with Crippen LogP contribution in [0.2, 0.25) is 0 Å². The maximum atomic E-state index is 13.8. The highest BCUT2D eigenvalue weighted by molar-refractivity contribution is 5.95. The van der Waals surface area contributed by atoms with E-state index in [0.29, 0.717) is 12.8 Å². The van der Waals surface area contributed by atoms with Crippen molar-refractivity contribution in [2.75, 3.05) is 13.2 Å². The largest absolute Gasteiger partial charge is 0.441 e. The van der Waals surface area contributed by atoms with Gasteiger partial charge in [-0.15, -0.1) is 6.58 Å². The third kappa shape index (κ3) is 5.14. The van der Waals surface area contributed by atoms with E-state index < -0.39 is 47.9 Å². The summed E-state index contributed by atoms with van der Waals surface area (Å²) in [5.41, 5.74) is 1.01. The van der Waals surface area contributed by atoms with Crippen LogP contribution < -0.4 is 0 Å².